The quantitative estimate of drug-likeness (QED) is 0.675. The molecule has 0 radical (unpaired) electrons. The number of halogens is 1. The van der Waals surface area contributed by atoms with Gasteiger partial charge in [0.1, 0.15) is 0 Å². The lowest BCUT2D eigenvalue weighted by molar-refractivity contribution is 0.938. The zero-order valence-corrected chi connectivity index (χ0v) is 8.57. The molecule has 1 N–H and O–H groups in total. The van der Waals surface area contributed by atoms with Gasteiger partial charge in [0.05, 0.1) is 11.6 Å². The second-order valence-corrected chi connectivity index (χ2v) is 3.22. The molecule has 0 aliphatic rings. The van der Waals surface area contributed by atoms with Gasteiger partial charge in [-0.25, -0.2) is 0 Å². The van der Waals surface area contributed by atoms with E-state index < -0.39 is 0 Å². The van der Waals surface area contributed by atoms with Crippen molar-refractivity contribution in [3.05, 3.63) is 34.3 Å². The molecule has 1 nitrogen and oxygen atoms in total. The Morgan fingerprint density at radius 3 is 2.85 bits per heavy atom. The summed E-state index contributed by atoms with van der Waals surface area (Å²) >= 11 is 5.99. The summed E-state index contributed by atoms with van der Waals surface area (Å²) in [5, 5.41) is 3.68. The Bertz CT molecular complexity index is 347. The van der Waals surface area contributed by atoms with Crippen LogP contribution in [0.4, 0.5) is 0 Å². The fourth-order valence-electron chi connectivity index (χ4n) is 0.949. The molecule has 0 unspecified atom stereocenters. The van der Waals surface area contributed by atoms with Gasteiger partial charge in [-0.05, 0) is 31.7 Å². The maximum absolute atomic E-state index is 5.99. The van der Waals surface area contributed by atoms with E-state index in [-0.39, 0.29) is 0 Å². The highest BCUT2D eigenvalue weighted by molar-refractivity contribution is 6.31. The molecular weight excluding hydrogens is 182 g/mol. The van der Waals surface area contributed by atoms with Crippen LogP contribution < -0.4 is 5.32 Å². The minimum absolute atomic E-state index is 0.685. The summed E-state index contributed by atoms with van der Waals surface area (Å²) in [6.45, 7) is 2.70. The predicted octanol–water partition coefficient (Wildman–Crippen LogP) is 2.22. The highest BCUT2D eigenvalue weighted by Gasteiger charge is 1.95. The van der Waals surface area contributed by atoms with Gasteiger partial charge in [0.25, 0.3) is 0 Å². The van der Waals surface area contributed by atoms with Crippen molar-refractivity contribution in [3.63, 3.8) is 0 Å². The van der Waals surface area contributed by atoms with E-state index in [1.54, 1.807) is 0 Å². The number of hydrogen-bond donors (Lipinski definition) is 1. The average Bonchev–Trinajstić information content (AvgIpc) is 2.09. The first-order valence-corrected chi connectivity index (χ1v) is 4.51. The van der Waals surface area contributed by atoms with E-state index >= 15 is 0 Å². The summed E-state index contributed by atoms with van der Waals surface area (Å²) in [4.78, 5) is 0. The molecule has 0 bridgehead atoms. The third kappa shape index (κ3) is 3.10. The van der Waals surface area contributed by atoms with Crippen molar-refractivity contribution < 1.29 is 0 Å². The third-order valence-corrected chi connectivity index (χ3v) is 1.93. The topological polar surface area (TPSA) is 12.0 Å². The summed E-state index contributed by atoms with van der Waals surface area (Å²) in [6, 6.07) is 5.88. The van der Waals surface area contributed by atoms with Gasteiger partial charge in [-0.15, -0.1) is 0 Å². The van der Waals surface area contributed by atoms with Crippen LogP contribution in [0.25, 0.3) is 0 Å². The lowest BCUT2D eigenvalue weighted by Crippen LogP contribution is -2.04. The molecule has 0 aromatic heterocycles. The predicted molar refractivity (Wildman–Crippen MR) is 57.0 cm³/mol. The van der Waals surface area contributed by atoms with Crippen LogP contribution in [0.5, 0.6) is 0 Å². The van der Waals surface area contributed by atoms with Crippen LogP contribution in [-0.2, 0) is 0 Å². The van der Waals surface area contributed by atoms with E-state index in [4.69, 9.17) is 11.6 Å². The molecule has 13 heavy (non-hydrogen) atoms. The molecule has 1 aromatic rings. The first-order chi connectivity index (χ1) is 6.24. The minimum Gasteiger partial charge on any atom is -0.309 e. The van der Waals surface area contributed by atoms with E-state index in [9.17, 15) is 0 Å². The van der Waals surface area contributed by atoms with Crippen molar-refractivity contribution >= 4 is 11.6 Å². The number of hydrogen-bond acceptors (Lipinski definition) is 1. The maximum atomic E-state index is 5.99. The normalized spacial score (nSPS) is 9.15. The Kier molecular flexibility index (Phi) is 3.82. The summed E-state index contributed by atoms with van der Waals surface area (Å²) in [5.74, 6) is 5.96. The molecule has 0 aliphatic carbocycles. The number of nitrogens with one attached hydrogen (secondary N) is 1. The largest absolute Gasteiger partial charge is 0.309 e. The van der Waals surface area contributed by atoms with Crippen molar-refractivity contribution in [3.8, 4) is 11.8 Å². The molecule has 0 amide bonds. The molecule has 0 saturated heterocycles. The standard InChI is InChI=1S/C11H12ClN/c1-9-5-6-10(11(12)8-9)4-3-7-13-2/h5-6,8,13H,7H2,1-2H3. The summed E-state index contributed by atoms with van der Waals surface area (Å²) in [6.07, 6.45) is 0. The lowest BCUT2D eigenvalue weighted by Gasteiger charge is -1.96. The molecule has 0 atom stereocenters. The molecule has 1 aromatic carbocycles. The molecule has 68 valence electrons. The second kappa shape index (κ2) is 4.91. The highest BCUT2D eigenvalue weighted by Crippen LogP contribution is 2.15. The SMILES string of the molecule is CNCC#Cc1ccc(C)cc1Cl. The number of aryl methyl sites for hydroxylation is 1. The lowest BCUT2D eigenvalue weighted by atomic mass is 10.1. The van der Waals surface area contributed by atoms with Gasteiger partial charge >= 0.3 is 0 Å². The van der Waals surface area contributed by atoms with E-state index in [0.717, 1.165) is 16.1 Å². The van der Waals surface area contributed by atoms with Crippen molar-refractivity contribution in [2.24, 2.45) is 0 Å². The molecule has 1 rings (SSSR count). The second-order valence-electron chi connectivity index (χ2n) is 2.82. The first-order valence-electron chi connectivity index (χ1n) is 4.13. The van der Waals surface area contributed by atoms with E-state index in [1.807, 2.05) is 32.2 Å². The Balaban J connectivity index is 2.85. The Hall–Kier alpha value is -0.970. The fraction of sp³-hybridized carbons (Fsp3) is 0.273. The zero-order valence-electron chi connectivity index (χ0n) is 7.82. The molecule has 2 heteroatoms. The van der Waals surface area contributed by atoms with Crippen molar-refractivity contribution in [1.29, 1.82) is 0 Å². The smallest absolute Gasteiger partial charge is 0.0577 e. The van der Waals surface area contributed by atoms with Gasteiger partial charge in [0, 0.05) is 5.56 Å². The molecule has 0 fully saturated rings. The third-order valence-electron chi connectivity index (χ3n) is 1.61. The number of benzene rings is 1. The van der Waals surface area contributed by atoms with Crippen LogP contribution in [0, 0.1) is 18.8 Å². The zero-order chi connectivity index (χ0) is 9.68. The Labute approximate surface area is 84.1 Å². The van der Waals surface area contributed by atoms with Crippen molar-refractivity contribution in [2.45, 2.75) is 6.92 Å². The Morgan fingerprint density at radius 2 is 2.23 bits per heavy atom. The molecule has 0 heterocycles. The van der Waals surface area contributed by atoms with E-state index in [1.165, 1.54) is 0 Å². The van der Waals surface area contributed by atoms with Gasteiger partial charge in [-0.1, -0.05) is 29.5 Å². The highest BCUT2D eigenvalue weighted by atomic mass is 35.5. The van der Waals surface area contributed by atoms with Crippen molar-refractivity contribution in [1.82, 2.24) is 5.32 Å². The summed E-state index contributed by atoms with van der Waals surface area (Å²) < 4.78 is 0. The van der Waals surface area contributed by atoms with Crippen LogP contribution in [-0.4, -0.2) is 13.6 Å². The van der Waals surface area contributed by atoms with E-state index in [0.29, 0.717) is 6.54 Å². The van der Waals surface area contributed by atoms with Crippen LogP contribution in [0.2, 0.25) is 5.02 Å². The van der Waals surface area contributed by atoms with Crippen LogP contribution in [0.1, 0.15) is 11.1 Å². The fourth-order valence-corrected chi connectivity index (χ4v) is 1.23. The molecule has 0 spiro atoms. The monoisotopic (exact) mass is 193 g/mol. The van der Waals surface area contributed by atoms with E-state index in [2.05, 4.69) is 17.2 Å². The van der Waals surface area contributed by atoms with Gasteiger partial charge in [0.15, 0.2) is 0 Å². The summed E-state index contributed by atoms with van der Waals surface area (Å²) in [7, 11) is 1.87. The molecule has 0 aliphatic heterocycles. The first kappa shape index (κ1) is 10.1. The van der Waals surface area contributed by atoms with Crippen LogP contribution in [0.15, 0.2) is 18.2 Å². The summed E-state index contributed by atoms with van der Waals surface area (Å²) in [5.41, 5.74) is 2.05. The Morgan fingerprint density at radius 1 is 1.46 bits per heavy atom. The van der Waals surface area contributed by atoms with Crippen LogP contribution >= 0.6 is 11.6 Å². The maximum Gasteiger partial charge on any atom is 0.0577 e. The molecular formula is C11H12ClN. The van der Waals surface area contributed by atoms with Crippen LogP contribution in [0.3, 0.4) is 0 Å². The van der Waals surface area contributed by atoms with Crippen molar-refractivity contribution in [2.75, 3.05) is 13.6 Å². The van der Waals surface area contributed by atoms with Gasteiger partial charge in [-0.2, -0.15) is 0 Å². The minimum atomic E-state index is 0.685. The number of rotatable bonds is 1. The molecule has 0 saturated carbocycles. The van der Waals surface area contributed by atoms with Gasteiger partial charge < -0.3 is 5.32 Å². The van der Waals surface area contributed by atoms with Gasteiger partial charge in [-0.3, -0.25) is 0 Å². The average molecular weight is 194 g/mol. The van der Waals surface area contributed by atoms with Gasteiger partial charge in [0.2, 0.25) is 0 Å².